The normalized spacial score (nSPS) is 22.0. The molecule has 17 heteroatoms. The summed E-state index contributed by atoms with van der Waals surface area (Å²) in [6.07, 6.45) is 2.83. The lowest BCUT2D eigenvalue weighted by Gasteiger charge is -2.40. The van der Waals surface area contributed by atoms with E-state index < -0.39 is 38.6 Å². The van der Waals surface area contributed by atoms with E-state index in [0.29, 0.717) is 79.2 Å². The average molecular weight is 856 g/mol. The number of rotatable bonds is 9. The van der Waals surface area contributed by atoms with Crippen molar-refractivity contribution in [2.75, 3.05) is 75.8 Å². The van der Waals surface area contributed by atoms with Crippen LogP contribution in [0.4, 0.5) is 20.2 Å². The van der Waals surface area contributed by atoms with Gasteiger partial charge in [-0.05, 0) is 86.1 Å². The molecule has 0 radical (unpaired) electrons. The van der Waals surface area contributed by atoms with Crippen molar-refractivity contribution in [2.45, 2.75) is 47.1 Å². The van der Waals surface area contributed by atoms with E-state index in [9.17, 15) is 25.6 Å². The van der Waals surface area contributed by atoms with Gasteiger partial charge in [-0.3, -0.25) is 4.98 Å². The van der Waals surface area contributed by atoms with Gasteiger partial charge in [-0.1, -0.05) is 18.2 Å². The fourth-order valence-electron chi connectivity index (χ4n) is 9.15. The molecule has 6 aromatic rings. The van der Waals surface area contributed by atoms with Crippen LogP contribution in [0.5, 0.6) is 0 Å². The summed E-state index contributed by atoms with van der Waals surface area (Å²) < 4.78 is 88.7. The van der Waals surface area contributed by atoms with E-state index in [4.69, 9.17) is 10.7 Å². The van der Waals surface area contributed by atoms with Crippen molar-refractivity contribution in [1.82, 2.24) is 28.5 Å². The van der Waals surface area contributed by atoms with E-state index >= 15 is 0 Å². The van der Waals surface area contributed by atoms with Crippen molar-refractivity contribution in [3.8, 4) is 22.5 Å². The van der Waals surface area contributed by atoms with E-state index in [1.807, 2.05) is 49.5 Å². The number of para-hydroxylation sites is 1. The number of aromatic nitrogens is 3. The molecule has 2 unspecified atom stereocenters. The Bertz CT molecular complexity index is 2820. The number of hydrogen-bond acceptors (Lipinski definition) is 9. The van der Waals surface area contributed by atoms with Gasteiger partial charge in [0.1, 0.15) is 0 Å². The van der Waals surface area contributed by atoms with Crippen molar-refractivity contribution >= 4 is 53.4 Å². The van der Waals surface area contributed by atoms with Gasteiger partial charge >= 0.3 is 0 Å². The number of aromatic amines is 2. The second-order valence-electron chi connectivity index (χ2n) is 16.7. The van der Waals surface area contributed by atoms with Crippen molar-refractivity contribution in [1.29, 1.82) is 0 Å². The highest BCUT2D eigenvalue weighted by atomic mass is 32.2. The Balaban J connectivity index is 0.975. The van der Waals surface area contributed by atoms with Crippen LogP contribution >= 0.6 is 0 Å². The van der Waals surface area contributed by atoms with Crippen LogP contribution in [0, 0.1) is 0 Å². The van der Waals surface area contributed by atoms with E-state index in [1.54, 1.807) is 41.4 Å². The molecular weight excluding hydrogens is 809 g/mol. The lowest BCUT2D eigenvalue weighted by molar-refractivity contribution is 0.0257. The van der Waals surface area contributed by atoms with E-state index in [2.05, 4.69) is 19.8 Å². The third kappa shape index (κ3) is 6.94. The number of alkyl halides is 2. The molecule has 2 atom stereocenters. The smallest absolute Gasteiger partial charge is 0.266 e. The van der Waals surface area contributed by atoms with Gasteiger partial charge < -0.3 is 30.4 Å². The molecule has 60 heavy (non-hydrogen) atoms. The summed E-state index contributed by atoms with van der Waals surface area (Å²) in [6.45, 7) is 3.36. The largest absolute Gasteiger partial charge is 0.369 e. The monoisotopic (exact) mass is 855 g/mol. The number of sulfonamides is 2. The quantitative estimate of drug-likeness (QED) is 0.163. The van der Waals surface area contributed by atoms with Gasteiger partial charge in [0.15, 0.2) is 0 Å². The van der Waals surface area contributed by atoms with Crippen LogP contribution in [0.2, 0.25) is 0 Å². The fraction of sp³-hybridized carbons (Fsp3) is 0.372. The molecule has 4 N–H and O–H groups in total. The number of nitrogens with two attached hydrogens (primary N) is 1. The van der Waals surface area contributed by atoms with Crippen LogP contribution in [0.25, 0.3) is 44.5 Å². The van der Waals surface area contributed by atoms with Gasteiger partial charge in [-0.2, -0.15) is 8.61 Å². The number of hydrogen-bond donors (Lipinski definition) is 3. The Kier molecular flexibility index (Phi) is 9.57. The summed E-state index contributed by atoms with van der Waals surface area (Å²) in [5.41, 5.74) is 13.2. The minimum atomic E-state index is -3.95. The number of pyridine rings is 1. The van der Waals surface area contributed by atoms with Gasteiger partial charge in [0.25, 0.3) is 5.92 Å². The summed E-state index contributed by atoms with van der Waals surface area (Å²) in [4.78, 5) is 17.8. The zero-order valence-electron chi connectivity index (χ0n) is 33.2. The highest BCUT2D eigenvalue weighted by molar-refractivity contribution is 7.89. The van der Waals surface area contributed by atoms with E-state index in [-0.39, 0.29) is 28.8 Å². The SMILES string of the molecule is CN1CCN(S(=O)(=O)c2ccc(N3CCC(F)(F)C3)c(-c3cc4ncc(C5CCN5S(=O)(=O)c5ccc(N6CCC(N)C6)c(-c6cc7ccccc7[nH]6)c5)cc4[nH]3)c2)CC1. The number of piperazine rings is 1. The number of H-pyrrole nitrogens is 2. The Morgan fingerprint density at radius 1 is 0.733 bits per heavy atom. The highest BCUT2D eigenvalue weighted by Gasteiger charge is 2.41. The van der Waals surface area contributed by atoms with Crippen LogP contribution in [0.3, 0.4) is 0 Å². The summed E-state index contributed by atoms with van der Waals surface area (Å²) in [7, 11) is -5.86. The molecule has 4 fully saturated rings. The minimum Gasteiger partial charge on any atom is -0.369 e. The molecular formula is C43H47F2N9O4S2. The molecule has 4 aliphatic heterocycles. The van der Waals surface area contributed by atoms with Gasteiger partial charge in [0.2, 0.25) is 20.0 Å². The molecule has 4 saturated heterocycles. The van der Waals surface area contributed by atoms with E-state index in [0.717, 1.165) is 40.8 Å². The molecule has 0 bridgehead atoms. The van der Waals surface area contributed by atoms with Crippen molar-refractivity contribution in [2.24, 2.45) is 5.73 Å². The van der Waals surface area contributed by atoms with Crippen LogP contribution in [0.15, 0.2) is 94.9 Å². The zero-order valence-corrected chi connectivity index (χ0v) is 34.8. The van der Waals surface area contributed by atoms with Gasteiger partial charge in [-0.15, -0.1) is 0 Å². The van der Waals surface area contributed by atoms with Gasteiger partial charge in [0, 0.05) is 110 Å². The minimum absolute atomic E-state index is 0.0427. The number of nitrogens with zero attached hydrogens (tertiary/aromatic N) is 6. The van der Waals surface area contributed by atoms with Crippen LogP contribution in [0.1, 0.15) is 30.9 Å². The first-order chi connectivity index (χ1) is 28.7. The number of halogens is 2. The molecule has 0 saturated carbocycles. The maximum atomic E-state index is 14.5. The third-order valence-electron chi connectivity index (χ3n) is 12.7. The number of anilines is 2. The lowest BCUT2D eigenvalue weighted by Crippen LogP contribution is -2.47. The van der Waals surface area contributed by atoms with Crippen LogP contribution in [-0.2, 0) is 20.0 Å². The first kappa shape index (κ1) is 39.2. The molecule has 4 aliphatic rings. The van der Waals surface area contributed by atoms with Crippen molar-refractivity contribution in [3.63, 3.8) is 0 Å². The second-order valence-corrected chi connectivity index (χ2v) is 20.5. The molecule has 0 aliphatic carbocycles. The Morgan fingerprint density at radius 3 is 2.07 bits per heavy atom. The number of fused-ring (bicyclic) bond motifs is 2. The van der Waals surface area contributed by atoms with Crippen molar-refractivity contribution in [3.05, 3.63) is 90.6 Å². The summed E-state index contributed by atoms with van der Waals surface area (Å²) in [5.74, 6) is -2.87. The molecule has 3 aromatic carbocycles. The molecule has 3 aromatic heterocycles. The maximum Gasteiger partial charge on any atom is 0.266 e. The zero-order chi connectivity index (χ0) is 41.6. The molecule has 7 heterocycles. The lowest BCUT2D eigenvalue weighted by atomic mass is 9.99. The fourth-order valence-corrected chi connectivity index (χ4v) is 12.3. The molecule has 0 spiro atoms. The predicted octanol–water partition coefficient (Wildman–Crippen LogP) is 5.83. The number of nitrogens with one attached hydrogen (secondary N) is 2. The maximum absolute atomic E-state index is 14.5. The topological polar surface area (TPSA) is 155 Å². The van der Waals surface area contributed by atoms with Gasteiger partial charge in [0.05, 0.1) is 39.1 Å². The summed E-state index contributed by atoms with van der Waals surface area (Å²) in [6, 6.07) is 23.3. The standard InChI is InChI=1S/C43H47F2N9O4S2/c1-50-16-18-53(19-17-50)59(55,56)31-6-9-42(52-15-12-43(44,45)27-52)34(22-31)37-24-38-39(49-37)21-29(25-47-38)40-11-14-54(40)60(57,58)32-7-8-41(51-13-10-30(46)26-51)33(23-32)36-20-28-4-2-3-5-35(28)48-36/h2-9,20-25,30,40,48-49H,10-19,26-27,46H2,1H3. The van der Waals surface area contributed by atoms with Crippen LogP contribution < -0.4 is 15.5 Å². The summed E-state index contributed by atoms with van der Waals surface area (Å²) >= 11 is 0. The van der Waals surface area contributed by atoms with Gasteiger partial charge in [-0.25, -0.2) is 25.6 Å². The Labute approximate surface area is 347 Å². The average Bonchev–Trinajstić information content (AvgIpc) is 4.02. The predicted molar refractivity (Wildman–Crippen MR) is 229 cm³/mol. The Hall–Kier alpha value is -4.91. The number of benzene rings is 3. The molecule has 314 valence electrons. The first-order valence-corrected chi connectivity index (χ1v) is 23.3. The Morgan fingerprint density at radius 2 is 1.42 bits per heavy atom. The second kappa shape index (κ2) is 14.6. The molecule has 0 amide bonds. The third-order valence-corrected chi connectivity index (χ3v) is 16.5. The van der Waals surface area contributed by atoms with Crippen molar-refractivity contribution < 1.29 is 25.6 Å². The highest BCUT2D eigenvalue weighted by Crippen LogP contribution is 2.43. The first-order valence-electron chi connectivity index (χ1n) is 20.4. The van der Waals surface area contributed by atoms with E-state index in [1.165, 1.54) is 14.7 Å². The van der Waals surface area contributed by atoms with Crippen LogP contribution in [-0.4, -0.2) is 123 Å². The molecule has 10 rings (SSSR count). The summed E-state index contributed by atoms with van der Waals surface area (Å²) in [5, 5.41) is 1.03. The molecule has 13 nitrogen and oxygen atoms in total. The number of likely N-dealkylation sites (N-methyl/N-ethyl adjacent to an activating group) is 1.